The van der Waals surface area contributed by atoms with Gasteiger partial charge < -0.3 is 9.88 Å². The molecular weight excluding hydrogens is 388 g/mol. The fraction of sp³-hybridized carbons (Fsp3) is 0.280. The molecule has 3 aromatic rings. The van der Waals surface area contributed by atoms with Crippen LogP contribution < -0.4 is 5.32 Å². The van der Waals surface area contributed by atoms with Crippen LogP contribution in [0.25, 0.3) is 5.69 Å². The minimum atomic E-state index is -0.175. The lowest BCUT2D eigenvalue weighted by molar-refractivity contribution is 0.0619. The quantitative estimate of drug-likeness (QED) is 0.669. The number of anilines is 1. The monoisotopic (exact) mass is 412 g/mol. The second-order valence-corrected chi connectivity index (χ2v) is 8.67. The van der Waals surface area contributed by atoms with Gasteiger partial charge in [-0.05, 0) is 55.8 Å². The summed E-state index contributed by atoms with van der Waals surface area (Å²) in [5, 5.41) is 3.83. The number of likely N-dealkylation sites (tertiary alicyclic amines) is 1. The first-order valence-corrected chi connectivity index (χ1v) is 10.9. The highest BCUT2D eigenvalue weighted by atomic mass is 16.2. The molecule has 1 atom stereocenters. The van der Waals surface area contributed by atoms with Gasteiger partial charge in [0.1, 0.15) is 0 Å². The average Bonchev–Trinajstić information content (AvgIpc) is 3.38. The summed E-state index contributed by atoms with van der Waals surface area (Å²) in [6.07, 6.45) is 4.24. The zero-order valence-electron chi connectivity index (χ0n) is 17.3. The fourth-order valence-electron chi connectivity index (χ4n) is 5.42. The van der Waals surface area contributed by atoms with Crippen molar-refractivity contribution in [2.45, 2.75) is 18.4 Å². The summed E-state index contributed by atoms with van der Waals surface area (Å²) in [7, 11) is 0. The molecule has 2 amide bonds. The van der Waals surface area contributed by atoms with Gasteiger partial charge in [-0.2, -0.15) is 0 Å². The molecule has 1 saturated heterocycles. The first-order valence-electron chi connectivity index (χ1n) is 10.9. The maximum absolute atomic E-state index is 12.7. The van der Waals surface area contributed by atoms with Crippen molar-refractivity contribution >= 4 is 17.5 Å². The number of imide groups is 1. The van der Waals surface area contributed by atoms with Crippen LogP contribution in [0.2, 0.25) is 0 Å². The van der Waals surface area contributed by atoms with Crippen molar-refractivity contribution in [3.05, 3.63) is 83.7 Å². The lowest BCUT2D eigenvalue weighted by Crippen LogP contribution is -2.54. The number of amides is 2. The van der Waals surface area contributed by atoms with E-state index in [1.165, 1.54) is 16.3 Å². The van der Waals surface area contributed by atoms with Gasteiger partial charge in [0.2, 0.25) is 0 Å². The minimum Gasteiger partial charge on any atom is -0.371 e. The van der Waals surface area contributed by atoms with Gasteiger partial charge in [0.25, 0.3) is 11.8 Å². The average molecular weight is 412 g/mol. The molecule has 1 aromatic heterocycles. The number of fused-ring (bicyclic) bond motifs is 5. The van der Waals surface area contributed by atoms with E-state index >= 15 is 0 Å². The third-order valence-corrected chi connectivity index (χ3v) is 6.87. The number of nitrogens with zero attached hydrogens (tertiary/aromatic N) is 3. The SMILES string of the molecule is O=C1c2ccccc2C(=O)N1CCN1CCCC2(C1)Nc1ccccc1-n1cccc12. The second kappa shape index (κ2) is 6.82. The van der Waals surface area contributed by atoms with Crippen molar-refractivity contribution in [2.24, 2.45) is 0 Å². The molecule has 1 unspecified atom stereocenters. The molecule has 156 valence electrons. The third-order valence-electron chi connectivity index (χ3n) is 6.87. The van der Waals surface area contributed by atoms with Crippen molar-refractivity contribution in [2.75, 3.05) is 31.5 Å². The van der Waals surface area contributed by atoms with Crippen LogP contribution in [0.3, 0.4) is 0 Å². The van der Waals surface area contributed by atoms with Gasteiger partial charge in [-0.25, -0.2) is 0 Å². The summed E-state index contributed by atoms with van der Waals surface area (Å²) in [5.74, 6) is -0.350. The lowest BCUT2D eigenvalue weighted by Gasteiger charge is -2.47. The maximum Gasteiger partial charge on any atom is 0.261 e. The highest BCUT2D eigenvalue weighted by Crippen LogP contribution is 2.42. The molecule has 0 bridgehead atoms. The number of nitrogens with one attached hydrogen (secondary N) is 1. The van der Waals surface area contributed by atoms with E-state index in [0.29, 0.717) is 24.2 Å². The van der Waals surface area contributed by atoms with Gasteiger partial charge in [0, 0.05) is 31.5 Å². The van der Waals surface area contributed by atoms with E-state index in [1.807, 2.05) is 12.1 Å². The Morgan fingerprint density at radius 3 is 2.42 bits per heavy atom. The first kappa shape index (κ1) is 18.4. The standard InChI is InChI=1S/C25H24N4O2/c30-23-18-7-1-2-8-19(18)24(31)29(23)16-15-27-13-6-12-25(17-27)22-11-5-14-28(22)21-10-4-3-9-20(21)26-25/h1-5,7-11,14,26H,6,12-13,15-17H2. The molecule has 6 heteroatoms. The van der Waals surface area contributed by atoms with E-state index in [-0.39, 0.29) is 17.4 Å². The highest BCUT2D eigenvalue weighted by molar-refractivity contribution is 6.21. The Kier molecular flexibility index (Phi) is 4.05. The number of para-hydroxylation sites is 2. The molecule has 1 fully saturated rings. The molecule has 2 aromatic carbocycles. The van der Waals surface area contributed by atoms with Gasteiger partial charge in [-0.3, -0.25) is 19.4 Å². The second-order valence-electron chi connectivity index (χ2n) is 8.67. The molecule has 0 aliphatic carbocycles. The molecule has 6 nitrogen and oxygen atoms in total. The highest BCUT2D eigenvalue weighted by Gasteiger charge is 2.42. The minimum absolute atomic E-state index is 0.169. The summed E-state index contributed by atoms with van der Waals surface area (Å²) in [6, 6.07) is 19.8. The Morgan fingerprint density at radius 2 is 1.61 bits per heavy atom. The Balaban J connectivity index is 1.22. The van der Waals surface area contributed by atoms with Crippen LogP contribution in [-0.2, 0) is 5.54 Å². The molecule has 1 N–H and O–H groups in total. The predicted octanol–water partition coefficient (Wildman–Crippen LogP) is 3.49. The summed E-state index contributed by atoms with van der Waals surface area (Å²) in [6.45, 7) is 2.90. The Morgan fingerprint density at radius 1 is 0.871 bits per heavy atom. The summed E-state index contributed by atoms with van der Waals surface area (Å²) < 4.78 is 2.29. The van der Waals surface area contributed by atoms with E-state index in [2.05, 4.69) is 57.4 Å². The molecule has 1 spiro atoms. The van der Waals surface area contributed by atoms with Crippen LogP contribution >= 0.6 is 0 Å². The predicted molar refractivity (Wildman–Crippen MR) is 119 cm³/mol. The molecule has 31 heavy (non-hydrogen) atoms. The van der Waals surface area contributed by atoms with Crippen molar-refractivity contribution in [1.82, 2.24) is 14.4 Å². The van der Waals surface area contributed by atoms with Crippen LogP contribution in [0.4, 0.5) is 5.69 Å². The topological polar surface area (TPSA) is 57.6 Å². The molecule has 3 aliphatic heterocycles. The van der Waals surface area contributed by atoms with E-state index in [9.17, 15) is 9.59 Å². The largest absolute Gasteiger partial charge is 0.371 e. The van der Waals surface area contributed by atoms with E-state index < -0.39 is 0 Å². The van der Waals surface area contributed by atoms with Crippen molar-refractivity contribution in [3.63, 3.8) is 0 Å². The zero-order valence-corrected chi connectivity index (χ0v) is 17.3. The number of piperidine rings is 1. The number of hydrogen-bond donors (Lipinski definition) is 1. The number of rotatable bonds is 3. The Labute approximate surface area is 181 Å². The van der Waals surface area contributed by atoms with Gasteiger partial charge in [-0.1, -0.05) is 24.3 Å². The number of hydrogen-bond acceptors (Lipinski definition) is 4. The third kappa shape index (κ3) is 2.75. The van der Waals surface area contributed by atoms with Crippen LogP contribution in [0, 0.1) is 0 Å². The Bertz CT molecular complexity index is 1160. The van der Waals surface area contributed by atoms with Gasteiger partial charge in [0.05, 0.1) is 28.0 Å². The zero-order chi connectivity index (χ0) is 21.0. The summed E-state index contributed by atoms with van der Waals surface area (Å²) in [5.41, 5.74) is 4.47. The number of benzene rings is 2. The summed E-state index contributed by atoms with van der Waals surface area (Å²) in [4.78, 5) is 29.2. The normalized spacial score (nSPS) is 22.3. The maximum atomic E-state index is 12.7. The van der Waals surface area contributed by atoms with Crippen LogP contribution in [-0.4, -0.2) is 52.4 Å². The molecular formula is C25H24N4O2. The molecule has 6 rings (SSSR count). The van der Waals surface area contributed by atoms with Gasteiger partial charge in [-0.15, -0.1) is 0 Å². The van der Waals surface area contributed by atoms with Crippen LogP contribution in [0.15, 0.2) is 66.9 Å². The van der Waals surface area contributed by atoms with Crippen molar-refractivity contribution < 1.29 is 9.59 Å². The van der Waals surface area contributed by atoms with Crippen molar-refractivity contribution in [3.8, 4) is 5.69 Å². The number of carbonyl (C=O) groups is 2. The number of carbonyl (C=O) groups excluding carboxylic acids is 2. The van der Waals surface area contributed by atoms with E-state index in [1.54, 1.807) is 12.1 Å². The van der Waals surface area contributed by atoms with Gasteiger partial charge >= 0.3 is 0 Å². The first-order chi connectivity index (χ1) is 15.2. The number of aromatic nitrogens is 1. The van der Waals surface area contributed by atoms with Crippen LogP contribution in [0.5, 0.6) is 0 Å². The lowest BCUT2D eigenvalue weighted by atomic mass is 9.83. The molecule has 3 aliphatic rings. The van der Waals surface area contributed by atoms with Gasteiger partial charge in [0.15, 0.2) is 0 Å². The van der Waals surface area contributed by atoms with Crippen LogP contribution in [0.1, 0.15) is 39.3 Å². The molecule has 4 heterocycles. The van der Waals surface area contributed by atoms with Crippen molar-refractivity contribution in [1.29, 1.82) is 0 Å². The molecule has 0 radical (unpaired) electrons. The van der Waals surface area contributed by atoms with E-state index in [0.717, 1.165) is 31.6 Å². The Hall–Kier alpha value is -3.38. The molecule has 0 saturated carbocycles. The summed E-state index contributed by atoms with van der Waals surface area (Å²) >= 11 is 0. The van der Waals surface area contributed by atoms with E-state index in [4.69, 9.17) is 0 Å². The fourth-order valence-corrected chi connectivity index (χ4v) is 5.42. The smallest absolute Gasteiger partial charge is 0.261 e.